The molecule has 0 spiro atoms. The summed E-state index contributed by atoms with van der Waals surface area (Å²) in [6, 6.07) is 6.82. The first-order chi connectivity index (χ1) is 11.7. The third-order valence-corrected chi connectivity index (χ3v) is 5.15. The van der Waals surface area contributed by atoms with Crippen LogP contribution in [0.5, 0.6) is 0 Å². The monoisotopic (exact) mass is 334 g/mol. The fourth-order valence-electron chi connectivity index (χ4n) is 3.67. The molecule has 4 nitrogen and oxygen atoms in total. The maximum Gasteiger partial charge on any atom is 0.223 e. The van der Waals surface area contributed by atoms with Crippen LogP contribution in [0, 0.1) is 11.7 Å². The van der Waals surface area contributed by atoms with Crippen molar-refractivity contribution < 1.29 is 13.9 Å². The number of likely N-dealkylation sites (tertiary alicyclic amines) is 1. The van der Waals surface area contributed by atoms with Crippen LogP contribution in [0.15, 0.2) is 24.3 Å². The van der Waals surface area contributed by atoms with E-state index in [0.29, 0.717) is 19.8 Å². The molecule has 0 radical (unpaired) electrons. The minimum absolute atomic E-state index is 0.0639. The van der Waals surface area contributed by atoms with Crippen molar-refractivity contribution in [1.29, 1.82) is 0 Å². The predicted octanol–water partition coefficient (Wildman–Crippen LogP) is 2.90. The molecule has 0 unspecified atom stereocenters. The Morgan fingerprint density at radius 3 is 2.50 bits per heavy atom. The number of halogens is 1. The van der Waals surface area contributed by atoms with E-state index in [-0.39, 0.29) is 23.7 Å². The van der Waals surface area contributed by atoms with Crippen LogP contribution in [0.25, 0.3) is 0 Å². The van der Waals surface area contributed by atoms with Gasteiger partial charge in [-0.25, -0.2) is 4.39 Å². The van der Waals surface area contributed by atoms with Crippen molar-refractivity contribution in [2.45, 2.75) is 38.1 Å². The maximum absolute atomic E-state index is 13.3. The number of carbonyl (C=O) groups is 1. The number of carbonyl (C=O) groups excluding carboxylic acids is 1. The average molecular weight is 334 g/mol. The topological polar surface area (TPSA) is 41.6 Å². The summed E-state index contributed by atoms with van der Waals surface area (Å²) >= 11 is 0. The van der Waals surface area contributed by atoms with Gasteiger partial charge in [0.2, 0.25) is 5.91 Å². The molecule has 132 valence electrons. The molecule has 1 N–H and O–H groups in total. The quantitative estimate of drug-likeness (QED) is 0.900. The van der Waals surface area contributed by atoms with E-state index in [1.807, 2.05) is 12.1 Å². The highest BCUT2D eigenvalue weighted by Crippen LogP contribution is 2.25. The lowest BCUT2D eigenvalue weighted by molar-refractivity contribution is -0.128. The summed E-state index contributed by atoms with van der Waals surface area (Å²) in [7, 11) is 0. The first-order valence-electron chi connectivity index (χ1n) is 9.09. The first-order valence-corrected chi connectivity index (χ1v) is 9.09. The highest BCUT2D eigenvalue weighted by molar-refractivity contribution is 5.78. The zero-order valence-electron chi connectivity index (χ0n) is 14.2. The van der Waals surface area contributed by atoms with Crippen LogP contribution in [-0.4, -0.2) is 43.7 Å². The van der Waals surface area contributed by atoms with Crippen molar-refractivity contribution in [1.82, 2.24) is 10.2 Å². The van der Waals surface area contributed by atoms with E-state index in [1.165, 1.54) is 31.4 Å². The molecule has 5 heteroatoms. The van der Waals surface area contributed by atoms with Gasteiger partial charge in [0.1, 0.15) is 5.82 Å². The number of hydrogen-bond acceptors (Lipinski definition) is 3. The largest absolute Gasteiger partial charge is 0.381 e. The van der Waals surface area contributed by atoms with E-state index in [9.17, 15) is 9.18 Å². The Kier molecular flexibility index (Phi) is 6.21. The van der Waals surface area contributed by atoms with E-state index in [4.69, 9.17) is 4.74 Å². The van der Waals surface area contributed by atoms with Gasteiger partial charge in [0, 0.05) is 25.7 Å². The molecule has 0 bridgehead atoms. The zero-order chi connectivity index (χ0) is 16.8. The second-order valence-corrected chi connectivity index (χ2v) is 6.80. The lowest BCUT2D eigenvalue weighted by Gasteiger charge is -2.35. The average Bonchev–Trinajstić information content (AvgIpc) is 2.65. The van der Waals surface area contributed by atoms with Crippen molar-refractivity contribution in [3.63, 3.8) is 0 Å². The van der Waals surface area contributed by atoms with Crippen LogP contribution in [-0.2, 0) is 9.53 Å². The van der Waals surface area contributed by atoms with Crippen LogP contribution < -0.4 is 5.32 Å². The minimum atomic E-state index is -0.220. The number of amides is 1. The number of piperidine rings is 1. The van der Waals surface area contributed by atoms with Crippen molar-refractivity contribution in [2.75, 3.05) is 32.8 Å². The molecule has 1 atom stereocenters. The predicted molar refractivity (Wildman–Crippen MR) is 91.1 cm³/mol. The van der Waals surface area contributed by atoms with Gasteiger partial charge in [0.05, 0.1) is 6.04 Å². The number of ether oxygens (including phenoxy) is 1. The summed E-state index contributed by atoms with van der Waals surface area (Å²) in [5, 5.41) is 3.13. The van der Waals surface area contributed by atoms with Gasteiger partial charge in [-0.05, 0) is 56.5 Å². The Morgan fingerprint density at radius 2 is 1.83 bits per heavy atom. The van der Waals surface area contributed by atoms with Gasteiger partial charge >= 0.3 is 0 Å². The SMILES string of the molecule is O=C(NC[C@@H](c1ccc(F)cc1)N1CCCCC1)C1CCOCC1. The molecule has 2 aliphatic heterocycles. The van der Waals surface area contributed by atoms with Gasteiger partial charge in [0.25, 0.3) is 0 Å². The molecule has 3 rings (SSSR count). The number of hydrogen-bond donors (Lipinski definition) is 1. The molecule has 0 aromatic heterocycles. The summed E-state index contributed by atoms with van der Waals surface area (Å²) in [6.45, 7) is 4.00. The normalized spacial score (nSPS) is 21.4. The van der Waals surface area contributed by atoms with Crippen molar-refractivity contribution in [3.05, 3.63) is 35.6 Å². The van der Waals surface area contributed by atoms with Gasteiger partial charge in [-0.2, -0.15) is 0 Å². The Balaban J connectivity index is 1.64. The Bertz CT molecular complexity index is 523. The number of nitrogens with one attached hydrogen (secondary N) is 1. The fraction of sp³-hybridized carbons (Fsp3) is 0.632. The second kappa shape index (κ2) is 8.58. The van der Waals surface area contributed by atoms with E-state index < -0.39 is 0 Å². The molecular formula is C19H27FN2O2. The van der Waals surface area contributed by atoms with Crippen LogP contribution in [0.1, 0.15) is 43.7 Å². The van der Waals surface area contributed by atoms with Crippen LogP contribution >= 0.6 is 0 Å². The van der Waals surface area contributed by atoms with Crippen LogP contribution in [0.3, 0.4) is 0 Å². The molecule has 0 aliphatic carbocycles. The van der Waals surface area contributed by atoms with Gasteiger partial charge in [0.15, 0.2) is 0 Å². The number of benzene rings is 1. The summed E-state index contributed by atoms with van der Waals surface area (Å²) in [4.78, 5) is 14.8. The molecule has 1 amide bonds. The standard InChI is InChI=1S/C19H27FN2O2/c20-17-6-4-15(5-7-17)18(22-10-2-1-3-11-22)14-21-19(23)16-8-12-24-13-9-16/h4-7,16,18H,1-3,8-14H2,(H,21,23)/t18-/m0/s1. The minimum Gasteiger partial charge on any atom is -0.381 e. The van der Waals surface area contributed by atoms with E-state index in [1.54, 1.807) is 0 Å². The van der Waals surface area contributed by atoms with Gasteiger partial charge < -0.3 is 10.1 Å². The molecule has 1 aromatic carbocycles. The Labute approximate surface area is 143 Å². The third-order valence-electron chi connectivity index (χ3n) is 5.15. The van der Waals surface area contributed by atoms with E-state index >= 15 is 0 Å². The molecule has 24 heavy (non-hydrogen) atoms. The van der Waals surface area contributed by atoms with E-state index in [2.05, 4.69) is 10.2 Å². The lowest BCUT2D eigenvalue weighted by atomic mass is 9.98. The molecule has 2 saturated heterocycles. The smallest absolute Gasteiger partial charge is 0.223 e. The van der Waals surface area contributed by atoms with Crippen LogP contribution in [0.2, 0.25) is 0 Å². The van der Waals surface area contributed by atoms with Crippen molar-refractivity contribution in [2.24, 2.45) is 5.92 Å². The highest BCUT2D eigenvalue weighted by Gasteiger charge is 2.26. The number of nitrogens with zero attached hydrogens (tertiary/aromatic N) is 1. The summed E-state index contributed by atoms with van der Waals surface area (Å²) in [5.74, 6) is -0.0289. The van der Waals surface area contributed by atoms with Crippen molar-refractivity contribution in [3.8, 4) is 0 Å². The summed E-state index contributed by atoms with van der Waals surface area (Å²) in [5.41, 5.74) is 1.07. The molecule has 2 aliphatic rings. The third kappa shape index (κ3) is 4.54. The van der Waals surface area contributed by atoms with Gasteiger partial charge in [-0.1, -0.05) is 18.6 Å². The van der Waals surface area contributed by atoms with Gasteiger partial charge in [-0.3, -0.25) is 9.69 Å². The molecule has 2 heterocycles. The van der Waals surface area contributed by atoms with Gasteiger partial charge in [-0.15, -0.1) is 0 Å². The molecule has 2 fully saturated rings. The molecule has 0 saturated carbocycles. The highest BCUT2D eigenvalue weighted by atomic mass is 19.1. The lowest BCUT2D eigenvalue weighted by Crippen LogP contribution is -2.42. The molecular weight excluding hydrogens is 307 g/mol. The second-order valence-electron chi connectivity index (χ2n) is 6.80. The summed E-state index contributed by atoms with van der Waals surface area (Å²) < 4.78 is 18.6. The van der Waals surface area contributed by atoms with E-state index in [0.717, 1.165) is 31.5 Å². The number of rotatable bonds is 5. The fourth-order valence-corrected chi connectivity index (χ4v) is 3.67. The van der Waals surface area contributed by atoms with Crippen LogP contribution in [0.4, 0.5) is 4.39 Å². The first kappa shape index (κ1) is 17.4. The van der Waals surface area contributed by atoms with Crippen molar-refractivity contribution >= 4 is 5.91 Å². The molecule has 1 aromatic rings. The Morgan fingerprint density at radius 1 is 1.17 bits per heavy atom. The Hall–Kier alpha value is -1.46. The zero-order valence-corrected chi connectivity index (χ0v) is 14.2. The maximum atomic E-state index is 13.3. The summed E-state index contributed by atoms with van der Waals surface area (Å²) in [6.07, 6.45) is 5.24.